The van der Waals surface area contributed by atoms with E-state index in [-0.39, 0.29) is 49.1 Å². The minimum Gasteiger partial charge on any atom is -0.544 e. The normalized spacial score (nSPS) is 13.3. The van der Waals surface area contributed by atoms with Gasteiger partial charge in [0.2, 0.25) is 0 Å². The summed E-state index contributed by atoms with van der Waals surface area (Å²) in [7, 11) is 5.41. The topological polar surface area (TPSA) is 102 Å². The third-order valence-electron chi connectivity index (χ3n) is 12.4. The number of ether oxygens (including phenoxy) is 3. The zero-order valence-electron chi connectivity index (χ0n) is 44.3. The number of hydrogen-bond donors (Lipinski definition) is 0. The van der Waals surface area contributed by atoms with Gasteiger partial charge in [-0.05, 0) is 64.2 Å². The Balaban J connectivity index is 4.26. The Labute approximate surface area is 413 Å². The second-order valence-corrected chi connectivity index (χ2v) is 19.8. The molecule has 0 saturated carbocycles. The smallest absolute Gasteiger partial charge is 0.306 e. The van der Waals surface area contributed by atoms with Gasteiger partial charge in [-0.1, -0.05) is 222 Å². The van der Waals surface area contributed by atoms with Crippen LogP contribution in [-0.2, 0) is 28.6 Å². The van der Waals surface area contributed by atoms with E-state index in [1.807, 2.05) is 0 Å². The molecule has 0 aliphatic carbocycles. The van der Waals surface area contributed by atoms with Gasteiger partial charge in [0.1, 0.15) is 12.6 Å². The van der Waals surface area contributed by atoms with Crippen molar-refractivity contribution in [3.8, 4) is 0 Å². The number of rotatable bonds is 50. The number of unbranched alkanes of at least 4 members (excludes halogenated alkanes) is 26. The molecule has 0 spiro atoms. The minimum absolute atomic E-state index is 0.0234. The first-order valence-electron chi connectivity index (χ1n) is 27.8. The molecule has 67 heavy (non-hydrogen) atoms. The van der Waals surface area contributed by atoms with E-state index >= 15 is 0 Å². The second kappa shape index (κ2) is 49.5. The average Bonchev–Trinajstić information content (AvgIpc) is 3.29. The number of nitrogens with zero attached hydrogens (tertiary/aromatic N) is 1. The zero-order valence-corrected chi connectivity index (χ0v) is 44.3. The molecule has 0 rings (SSSR count). The number of allylic oxidation sites excluding steroid dienone is 10. The van der Waals surface area contributed by atoms with E-state index in [4.69, 9.17) is 14.2 Å². The average molecular weight is 940 g/mol. The highest BCUT2D eigenvalue weighted by atomic mass is 16.6. The summed E-state index contributed by atoms with van der Waals surface area (Å²) in [4.78, 5) is 37.1. The van der Waals surface area contributed by atoms with Gasteiger partial charge in [0, 0.05) is 19.3 Å². The largest absolute Gasteiger partial charge is 0.544 e. The number of carboxylic acid groups (broad SMARTS) is 1. The number of carbonyl (C=O) groups is 3. The number of aliphatic carboxylic acids is 1. The lowest BCUT2D eigenvalue weighted by atomic mass is 10.0. The molecule has 0 aromatic rings. The van der Waals surface area contributed by atoms with Crippen LogP contribution in [0.2, 0.25) is 0 Å². The van der Waals surface area contributed by atoms with Crippen LogP contribution >= 0.6 is 0 Å². The molecule has 0 heterocycles. The Kier molecular flexibility index (Phi) is 47.3. The number of carbonyl (C=O) groups excluding carboxylic acids is 3. The van der Waals surface area contributed by atoms with Gasteiger partial charge in [-0.25, -0.2) is 0 Å². The number of hydrogen-bond acceptors (Lipinski definition) is 7. The van der Waals surface area contributed by atoms with Crippen LogP contribution < -0.4 is 5.11 Å². The van der Waals surface area contributed by atoms with Crippen molar-refractivity contribution in [1.82, 2.24) is 0 Å². The molecule has 8 heteroatoms. The molecular formula is C59H105NO7. The molecule has 0 saturated heterocycles. The van der Waals surface area contributed by atoms with Crippen LogP contribution in [0.15, 0.2) is 60.8 Å². The SMILES string of the molecule is CCCCC/C=C/C/C=C/C/C=C/C/C=C/C/C=C/CCCCC(=O)OC(COCCC(C(=O)[O-])[N+](C)(C)C)COC(=O)CCCCCCCCCCCCCCCCCCCCCCCC. The summed E-state index contributed by atoms with van der Waals surface area (Å²) in [6, 6.07) is -0.736. The maximum absolute atomic E-state index is 12.8. The Morgan fingerprint density at radius 1 is 0.448 bits per heavy atom. The molecule has 0 radical (unpaired) electrons. The summed E-state index contributed by atoms with van der Waals surface area (Å²) in [6.07, 6.45) is 62.6. The quantitative estimate of drug-likeness (QED) is 0.0259. The molecule has 0 bridgehead atoms. The fourth-order valence-electron chi connectivity index (χ4n) is 8.09. The molecule has 0 aliphatic heterocycles. The Bertz CT molecular complexity index is 1280. The standard InChI is InChI=1S/C59H105NO7/c1-6-8-10-12-14-16-18-20-22-24-26-28-30-31-33-35-37-39-41-43-45-47-49-57(61)66-54-55(53-65-52-51-56(59(63)64)60(3,4)5)67-58(62)50-48-46-44-42-40-38-36-34-32-29-27-25-23-21-19-17-15-13-11-9-7-2/h15,17,21,23,27,29,34,36,40,42,55-56H,6-14,16,18-20,22,24-26,28,30-33,35,37-39,41,43-54H2,1-5H3/b17-15+,23-21+,29-27+,36-34+,42-40+. The van der Waals surface area contributed by atoms with Crippen molar-refractivity contribution >= 4 is 17.9 Å². The monoisotopic (exact) mass is 940 g/mol. The van der Waals surface area contributed by atoms with Gasteiger partial charge in [0.15, 0.2) is 6.10 Å². The predicted octanol–water partition coefficient (Wildman–Crippen LogP) is 15.1. The Morgan fingerprint density at radius 2 is 0.791 bits per heavy atom. The van der Waals surface area contributed by atoms with Crippen molar-refractivity contribution in [3.63, 3.8) is 0 Å². The lowest BCUT2D eigenvalue weighted by molar-refractivity contribution is -0.889. The number of quaternary nitrogens is 1. The van der Waals surface area contributed by atoms with Crippen molar-refractivity contribution in [2.75, 3.05) is 41.0 Å². The van der Waals surface area contributed by atoms with E-state index in [0.29, 0.717) is 12.8 Å². The third-order valence-corrected chi connectivity index (χ3v) is 12.4. The number of likely N-dealkylation sites (N-methyl/N-ethyl adjacent to an activating group) is 1. The van der Waals surface area contributed by atoms with Gasteiger partial charge in [-0.2, -0.15) is 0 Å². The molecule has 0 fully saturated rings. The summed E-state index contributed by atoms with van der Waals surface area (Å²) in [5.74, 6) is -1.78. The van der Waals surface area contributed by atoms with Crippen LogP contribution in [0.4, 0.5) is 0 Å². The first kappa shape index (κ1) is 64.0. The molecule has 0 aromatic carbocycles. The lowest BCUT2D eigenvalue weighted by Crippen LogP contribution is -2.55. The van der Waals surface area contributed by atoms with Crippen LogP contribution in [0.25, 0.3) is 0 Å². The highest BCUT2D eigenvalue weighted by Gasteiger charge is 2.25. The van der Waals surface area contributed by atoms with E-state index in [1.54, 1.807) is 21.1 Å². The second-order valence-electron chi connectivity index (χ2n) is 19.8. The van der Waals surface area contributed by atoms with Gasteiger partial charge in [-0.3, -0.25) is 9.59 Å². The molecule has 8 nitrogen and oxygen atoms in total. The Morgan fingerprint density at radius 3 is 1.19 bits per heavy atom. The lowest BCUT2D eigenvalue weighted by Gasteiger charge is -2.34. The number of esters is 2. The summed E-state index contributed by atoms with van der Waals surface area (Å²) >= 11 is 0. The highest BCUT2D eigenvalue weighted by Crippen LogP contribution is 2.16. The van der Waals surface area contributed by atoms with Crippen molar-refractivity contribution in [2.24, 2.45) is 0 Å². The molecular weight excluding hydrogens is 835 g/mol. The van der Waals surface area contributed by atoms with E-state index in [9.17, 15) is 19.5 Å². The van der Waals surface area contributed by atoms with Crippen LogP contribution in [0, 0.1) is 0 Å². The van der Waals surface area contributed by atoms with Gasteiger partial charge in [0.25, 0.3) is 0 Å². The van der Waals surface area contributed by atoms with Crippen molar-refractivity contribution in [1.29, 1.82) is 0 Å². The fraction of sp³-hybridized carbons (Fsp3) is 0.780. The molecule has 0 amide bonds. The van der Waals surface area contributed by atoms with Crippen molar-refractivity contribution in [2.45, 2.75) is 257 Å². The minimum atomic E-state index is -1.13. The van der Waals surface area contributed by atoms with Crippen LogP contribution in [0.1, 0.15) is 245 Å². The Hall–Kier alpha value is -2.97. The summed E-state index contributed by atoms with van der Waals surface area (Å²) in [6.45, 7) is 4.62. The van der Waals surface area contributed by atoms with Gasteiger partial charge >= 0.3 is 11.9 Å². The molecule has 2 atom stereocenters. The van der Waals surface area contributed by atoms with Gasteiger partial charge in [-0.15, -0.1) is 0 Å². The van der Waals surface area contributed by atoms with E-state index < -0.39 is 18.1 Å². The van der Waals surface area contributed by atoms with Crippen molar-refractivity contribution in [3.05, 3.63) is 60.8 Å². The van der Waals surface area contributed by atoms with Gasteiger partial charge < -0.3 is 28.6 Å². The van der Waals surface area contributed by atoms with Crippen molar-refractivity contribution < 1.29 is 38.2 Å². The van der Waals surface area contributed by atoms with Crippen LogP contribution in [0.5, 0.6) is 0 Å². The maximum atomic E-state index is 12.8. The molecule has 388 valence electrons. The van der Waals surface area contributed by atoms with Gasteiger partial charge in [0.05, 0.1) is 40.3 Å². The van der Waals surface area contributed by atoms with E-state index in [0.717, 1.165) is 57.8 Å². The molecule has 0 N–H and O–H groups in total. The zero-order chi connectivity index (χ0) is 49.2. The van der Waals surface area contributed by atoms with Crippen LogP contribution in [-0.4, -0.2) is 75.5 Å². The maximum Gasteiger partial charge on any atom is 0.306 e. The molecule has 0 aliphatic rings. The summed E-state index contributed by atoms with van der Waals surface area (Å²) in [5, 5.41) is 11.7. The first-order chi connectivity index (χ1) is 32.6. The van der Waals surface area contributed by atoms with Crippen LogP contribution in [0.3, 0.4) is 0 Å². The highest BCUT2D eigenvalue weighted by molar-refractivity contribution is 5.70. The summed E-state index contributed by atoms with van der Waals surface area (Å²) in [5.41, 5.74) is 0. The predicted molar refractivity (Wildman–Crippen MR) is 282 cm³/mol. The fourth-order valence-corrected chi connectivity index (χ4v) is 8.09. The number of carboxylic acids is 1. The first-order valence-corrected chi connectivity index (χ1v) is 27.8. The van der Waals surface area contributed by atoms with E-state index in [1.165, 1.54) is 148 Å². The molecule has 0 aromatic heterocycles. The molecule has 2 unspecified atom stereocenters. The summed E-state index contributed by atoms with van der Waals surface area (Å²) < 4.78 is 17.2. The third kappa shape index (κ3) is 47.9. The van der Waals surface area contributed by atoms with E-state index in [2.05, 4.69) is 74.6 Å².